The van der Waals surface area contributed by atoms with Gasteiger partial charge in [-0.1, -0.05) is 35.6 Å². The number of anilines is 2. The fourth-order valence-corrected chi connectivity index (χ4v) is 2.39. The molecule has 3 aromatic rings. The van der Waals surface area contributed by atoms with Gasteiger partial charge >= 0.3 is 0 Å². The van der Waals surface area contributed by atoms with Crippen LogP contribution in [0.15, 0.2) is 42.6 Å². The summed E-state index contributed by atoms with van der Waals surface area (Å²) in [5, 5.41) is 0.615. The van der Waals surface area contributed by atoms with Gasteiger partial charge in [0.05, 0.1) is 17.0 Å². The first-order valence-electron chi connectivity index (χ1n) is 7.16. The molecule has 0 radical (unpaired) electrons. The number of hydrogen-bond donors (Lipinski definition) is 2. The minimum absolute atomic E-state index is 0.196. The number of nitrogens with zero attached hydrogens (tertiary/aromatic N) is 3. The lowest BCUT2D eigenvalue weighted by Crippen LogP contribution is -2.02. The van der Waals surface area contributed by atoms with Gasteiger partial charge < -0.3 is 11.5 Å². The van der Waals surface area contributed by atoms with Crippen LogP contribution < -0.4 is 11.5 Å². The average molecular weight is 336 g/mol. The highest BCUT2D eigenvalue weighted by Gasteiger charge is 2.11. The summed E-state index contributed by atoms with van der Waals surface area (Å²) in [5.41, 5.74) is 15.0. The van der Waals surface area contributed by atoms with Crippen LogP contribution in [0.2, 0.25) is 5.02 Å². The Morgan fingerprint density at radius 3 is 2.58 bits per heavy atom. The van der Waals surface area contributed by atoms with Crippen molar-refractivity contribution >= 4 is 23.4 Å². The van der Waals surface area contributed by atoms with Crippen LogP contribution in [-0.4, -0.2) is 15.0 Å². The van der Waals surface area contributed by atoms with E-state index in [0.29, 0.717) is 27.8 Å². The second-order valence-corrected chi connectivity index (χ2v) is 5.56. The molecule has 118 valence electrons. The van der Waals surface area contributed by atoms with Crippen LogP contribution in [-0.2, 0) is 0 Å². The highest BCUT2D eigenvalue weighted by molar-refractivity contribution is 6.30. The third-order valence-electron chi connectivity index (χ3n) is 3.32. The Hall–Kier alpha value is -3.10. The van der Waals surface area contributed by atoms with E-state index in [1.54, 1.807) is 18.3 Å². The van der Waals surface area contributed by atoms with Gasteiger partial charge in [-0.25, -0.2) is 15.0 Å². The molecular formula is C18H14ClN5. The summed E-state index contributed by atoms with van der Waals surface area (Å²) in [4.78, 5) is 12.6. The average Bonchev–Trinajstić information content (AvgIpc) is 2.55. The zero-order valence-electron chi connectivity index (χ0n) is 12.9. The van der Waals surface area contributed by atoms with Gasteiger partial charge in [0, 0.05) is 22.3 Å². The Balaban J connectivity index is 2.12. The molecule has 0 unspecified atom stereocenters. The van der Waals surface area contributed by atoms with Gasteiger partial charge in [-0.2, -0.15) is 0 Å². The zero-order valence-corrected chi connectivity index (χ0v) is 13.7. The number of nitrogens with two attached hydrogens (primary N) is 2. The van der Waals surface area contributed by atoms with E-state index >= 15 is 0 Å². The van der Waals surface area contributed by atoms with Crippen LogP contribution in [0.5, 0.6) is 0 Å². The molecule has 0 bridgehead atoms. The van der Waals surface area contributed by atoms with Crippen LogP contribution in [0.25, 0.3) is 11.3 Å². The Bertz CT molecular complexity index is 955. The summed E-state index contributed by atoms with van der Waals surface area (Å²) < 4.78 is 0. The summed E-state index contributed by atoms with van der Waals surface area (Å²) in [6.07, 6.45) is 1.62. The molecule has 0 aliphatic carbocycles. The second-order valence-electron chi connectivity index (χ2n) is 5.12. The quantitative estimate of drug-likeness (QED) is 0.667. The van der Waals surface area contributed by atoms with Crippen LogP contribution in [0.4, 0.5) is 11.8 Å². The molecule has 1 aromatic carbocycles. The van der Waals surface area contributed by atoms with Crippen LogP contribution in [0, 0.1) is 18.8 Å². The van der Waals surface area contributed by atoms with E-state index in [-0.39, 0.29) is 5.95 Å². The smallest absolute Gasteiger partial charge is 0.220 e. The molecule has 6 heteroatoms. The summed E-state index contributed by atoms with van der Waals surface area (Å²) in [5.74, 6) is 6.81. The number of nitrogen functional groups attached to an aromatic ring is 2. The molecule has 0 amide bonds. The lowest BCUT2D eigenvalue weighted by atomic mass is 10.0. The Morgan fingerprint density at radius 2 is 1.88 bits per heavy atom. The zero-order chi connectivity index (χ0) is 17.1. The molecular weight excluding hydrogens is 322 g/mol. The number of halogens is 1. The van der Waals surface area contributed by atoms with Gasteiger partial charge in [0.15, 0.2) is 0 Å². The predicted molar refractivity (Wildman–Crippen MR) is 96.3 cm³/mol. The van der Waals surface area contributed by atoms with Crippen molar-refractivity contribution in [2.75, 3.05) is 11.5 Å². The monoisotopic (exact) mass is 335 g/mol. The first-order chi connectivity index (χ1) is 11.5. The van der Waals surface area contributed by atoms with Gasteiger partial charge in [0.1, 0.15) is 5.82 Å². The van der Waals surface area contributed by atoms with Gasteiger partial charge in [0.25, 0.3) is 0 Å². The normalized spacial score (nSPS) is 10.1. The van der Waals surface area contributed by atoms with E-state index in [9.17, 15) is 0 Å². The van der Waals surface area contributed by atoms with E-state index in [4.69, 9.17) is 23.1 Å². The van der Waals surface area contributed by atoms with Crippen molar-refractivity contribution in [2.45, 2.75) is 6.92 Å². The number of pyridine rings is 1. The summed E-state index contributed by atoms with van der Waals surface area (Å²) in [6.45, 7) is 1.84. The largest absolute Gasteiger partial charge is 0.384 e. The van der Waals surface area contributed by atoms with E-state index in [0.717, 1.165) is 11.1 Å². The summed E-state index contributed by atoms with van der Waals surface area (Å²) >= 11 is 6.08. The minimum Gasteiger partial charge on any atom is -0.384 e. The molecule has 3 rings (SSSR count). The van der Waals surface area contributed by atoms with E-state index in [2.05, 4.69) is 26.8 Å². The number of hydrogen-bond acceptors (Lipinski definition) is 5. The van der Waals surface area contributed by atoms with Gasteiger partial charge in [-0.3, -0.25) is 0 Å². The minimum atomic E-state index is 0.196. The summed E-state index contributed by atoms with van der Waals surface area (Å²) in [6, 6.07) is 10.9. The second kappa shape index (κ2) is 6.57. The Morgan fingerprint density at radius 1 is 1.04 bits per heavy atom. The van der Waals surface area contributed by atoms with Gasteiger partial charge in [0.2, 0.25) is 5.95 Å². The number of aromatic nitrogens is 3. The molecule has 0 saturated heterocycles. The maximum absolute atomic E-state index is 6.08. The van der Waals surface area contributed by atoms with Gasteiger partial charge in [-0.15, -0.1) is 0 Å². The van der Waals surface area contributed by atoms with Crippen molar-refractivity contribution in [1.29, 1.82) is 0 Å². The highest BCUT2D eigenvalue weighted by Crippen LogP contribution is 2.26. The third kappa shape index (κ3) is 3.45. The molecule has 2 aromatic heterocycles. The standard InChI is InChI=1S/C18H14ClN5/c1-11-15(7-5-12-6-8-16(20)22-10-12)17(24-18(21)23-11)13-3-2-4-14(19)9-13/h2-4,6,8-10H,1H3,(H2,20,22)(H2,21,23,24). The fraction of sp³-hybridized carbons (Fsp3) is 0.0556. The van der Waals surface area contributed by atoms with E-state index in [1.165, 1.54) is 0 Å². The van der Waals surface area contributed by atoms with Crippen molar-refractivity contribution in [3.05, 3.63) is 64.4 Å². The van der Waals surface area contributed by atoms with E-state index < -0.39 is 0 Å². The lowest BCUT2D eigenvalue weighted by Gasteiger charge is -2.08. The van der Waals surface area contributed by atoms with Crippen LogP contribution in [0.1, 0.15) is 16.8 Å². The highest BCUT2D eigenvalue weighted by atomic mass is 35.5. The molecule has 0 saturated carbocycles. The molecule has 5 nitrogen and oxygen atoms in total. The topological polar surface area (TPSA) is 90.7 Å². The maximum Gasteiger partial charge on any atom is 0.220 e. The van der Waals surface area contributed by atoms with Crippen molar-refractivity contribution in [3.8, 4) is 23.1 Å². The molecule has 24 heavy (non-hydrogen) atoms. The maximum atomic E-state index is 6.08. The van der Waals surface area contributed by atoms with Crippen molar-refractivity contribution in [1.82, 2.24) is 15.0 Å². The van der Waals surface area contributed by atoms with Crippen molar-refractivity contribution in [3.63, 3.8) is 0 Å². The van der Waals surface area contributed by atoms with Crippen molar-refractivity contribution in [2.24, 2.45) is 0 Å². The first kappa shape index (κ1) is 15.8. The number of rotatable bonds is 1. The molecule has 0 fully saturated rings. The molecule has 4 N–H and O–H groups in total. The SMILES string of the molecule is Cc1nc(N)nc(-c2cccc(Cl)c2)c1C#Cc1ccc(N)nc1. The van der Waals surface area contributed by atoms with E-state index in [1.807, 2.05) is 31.2 Å². The lowest BCUT2D eigenvalue weighted by molar-refractivity contribution is 1.11. The van der Waals surface area contributed by atoms with Crippen LogP contribution >= 0.6 is 11.6 Å². The summed E-state index contributed by atoms with van der Waals surface area (Å²) in [7, 11) is 0. The number of aryl methyl sites for hydroxylation is 1. The molecule has 0 spiro atoms. The Labute approximate surface area is 144 Å². The van der Waals surface area contributed by atoms with Crippen LogP contribution in [0.3, 0.4) is 0 Å². The van der Waals surface area contributed by atoms with Crippen molar-refractivity contribution < 1.29 is 0 Å². The first-order valence-corrected chi connectivity index (χ1v) is 7.54. The molecule has 0 aliphatic rings. The fourth-order valence-electron chi connectivity index (χ4n) is 2.20. The molecule has 0 aliphatic heterocycles. The Kier molecular flexibility index (Phi) is 4.32. The number of benzene rings is 1. The predicted octanol–water partition coefficient (Wildman–Crippen LogP) is 3.06. The third-order valence-corrected chi connectivity index (χ3v) is 3.56. The molecule has 0 atom stereocenters. The molecule has 2 heterocycles. The van der Waals surface area contributed by atoms with Gasteiger partial charge in [-0.05, 0) is 31.2 Å².